The van der Waals surface area contributed by atoms with Gasteiger partial charge in [-0.1, -0.05) is 6.07 Å². The summed E-state index contributed by atoms with van der Waals surface area (Å²) in [6.07, 6.45) is 0.938. The summed E-state index contributed by atoms with van der Waals surface area (Å²) in [5.41, 5.74) is -1.08. The second-order valence-corrected chi connectivity index (χ2v) is 7.85. The summed E-state index contributed by atoms with van der Waals surface area (Å²) in [7, 11) is 0. The lowest BCUT2D eigenvalue weighted by atomic mass is 10.1. The molecule has 1 aromatic rings. The molecule has 0 radical (unpaired) electrons. The van der Waals surface area contributed by atoms with Crippen LogP contribution in [-0.4, -0.2) is 41.2 Å². The second kappa shape index (κ2) is 6.83. The standard InChI is InChI=1S/C15H21NO3S2/c1-11(17)19-15(2,3)14(18)16-7-6-13(21-10-8-16)12-5-4-9-20-12/h4-5,9,13H,6-8,10H2,1-3H3. The predicted octanol–water partition coefficient (Wildman–Crippen LogP) is 3.10. The van der Waals surface area contributed by atoms with Crippen molar-refractivity contribution in [2.45, 2.75) is 38.0 Å². The van der Waals surface area contributed by atoms with Crippen molar-refractivity contribution < 1.29 is 14.3 Å². The molecule has 1 aliphatic rings. The van der Waals surface area contributed by atoms with Gasteiger partial charge in [-0.15, -0.1) is 11.3 Å². The Hall–Kier alpha value is -1.01. The first-order valence-corrected chi connectivity index (χ1v) is 8.97. The van der Waals surface area contributed by atoms with E-state index in [4.69, 9.17) is 4.74 Å². The molecule has 2 rings (SSSR count). The Labute approximate surface area is 133 Å². The van der Waals surface area contributed by atoms with Crippen LogP contribution in [0.25, 0.3) is 0 Å². The third kappa shape index (κ3) is 4.23. The number of thioether (sulfide) groups is 1. The Bertz CT molecular complexity index is 499. The molecule has 2 heterocycles. The summed E-state index contributed by atoms with van der Waals surface area (Å²) in [6, 6.07) is 4.22. The smallest absolute Gasteiger partial charge is 0.303 e. The van der Waals surface area contributed by atoms with Gasteiger partial charge in [0.1, 0.15) is 0 Å². The summed E-state index contributed by atoms with van der Waals surface area (Å²) >= 11 is 3.66. The Morgan fingerprint density at radius 2 is 2.14 bits per heavy atom. The lowest BCUT2D eigenvalue weighted by Crippen LogP contribution is -2.48. The molecule has 0 aliphatic carbocycles. The highest BCUT2D eigenvalue weighted by atomic mass is 32.2. The highest BCUT2D eigenvalue weighted by molar-refractivity contribution is 7.99. The van der Waals surface area contributed by atoms with E-state index in [1.807, 2.05) is 16.7 Å². The molecule has 21 heavy (non-hydrogen) atoms. The van der Waals surface area contributed by atoms with Crippen LogP contribution in [0.4, 0.5) is 0 Å². The quantitative estimate of drug-likeness (QED) is 0.800. The molecule has 4 nitrogen and oxygen atoms in total. The number of carbonyl (C=O) groups excluding carboxylic acids is 2. The molecule has 1 fully saturated rings. The van der Waals surface area contributed by atoms with Gasteiger partial charge in [-0.2, -0.15) is 11.8 Å². The van der Waals surface area contributed by atoms with Gasteiger partial charge in [-0.25, -0.2) is 0 Å². The first kappa shape index (κ1) is 16.4. The van der Waals surface area contributed by atoms with Gasteiger partial charge in [0.15, 0.2) is 5.60 Å². The van der Waals surface area contributed by atoms with Crippen molar-refractivity contribution in [1.82, 2.24) is 4.90 Å². The van der Waals surface area contributed by atoms with E-state index in [0.29, 0.717) is 18.3 Å². The molecule has 0 N–H and O–H groups in total. The van der Waals surface area contributed by atoms with Crippen molar-refractivity contribution in [3.63, 3.8) is 0 Å². The van der Waals surface area contributed by atoms with Gasteiger partial charge in [0.05, 0.1) is 0 Å². The fourth-order valence-electron chi connectivity index (χ4n) is 2.46. The number of hydrogen-bond acceptors (Lipinski definition) is 5. The number of esters is 1. The maximum absolute atomic E-state index is 12.5. The van der Waals surface area contributed by atoms with E-state index in [0.717, 1.165) is 12.2 Å². The lowest BCUT2D eigenvalue weighted by molar-refractivity contribution is -0.168. The van der Waals surface area contributed by atoms with Crippen molar-refractivity contribution in [2.24, 2.45) is 0 Å². The van der Waals surface area contributed by atoms with E-state index in [1.54, 1.807) is 25.2 Å². The van der Waals surface area contributed by atoms with Crippen LogP contribution in [0.2, 0.25) is 0 Å². The highest BCUT2D eigenvalue weighted by Gasteiger charge is 2.36. The molecule has 116 valence electrons. The molecule has 0 bridgehead atoms. The van der Waals surface area contributed by atoms with Crippen LogP contribution in [0.15, 0.2) is 17.5 Å². The second-order valence-electron chi connectivity index (χ2n) is 5.56. The van der Waals surface area contributed by atoms with E-state index >= 15 is 0 Å². The SMILES string of the molecule is CC(=O)OC(C)(C)C(=O)N1CCSC(c2cccs2)CC1. The Balaban J connectivity index is 1.99. The van der Waals surface area contributed by atoms with Gasteiger partial charge >= 0.3 is 5.97 Å². The Morgan fingerprint density at radius 1 is 1.38 bits per heavy atom. The third-order valence-corrected chi connectivity index (χ3v) is 5.85. The summed E-state index contributed by atoms with van der Waals surface area (Å²) in [5.74, 6) is 0.379. The van der Waals surface area contributed by atoms with Gasteiger partial charge in [0, 0.05) is 35.9 Å². The van der Waals surface area contributed by atoms with Crippen molar-refractivity contribution in [1.29, 1.82) is 0 Å². The van der Waals surface area contributed by atoms with Crippen molar-refractivity contribution in [3.05, 3.63) is 22.4 Å². The van der Waals surface area contributed by atoms with Crippen LogP contribution in [0, 0.1) is 0 Å². The van der Waals surface area contributed by atoms with Crippen LogP contribution >= 0.6 is 23.1 Å². The van der Waals surface area contributed by atoms with E-state index in [9.17, 15) is 9.59 Å². The average Bonchev–Trinajstić information content (AvgIpc) is 2.81. The van der Waals surface area contributed by atoms with Crippen LogP contribution in [-0.2, 0) is 14.3 Å². The summed E-state index contributed by atoms with van der Waals surface area (Å²) in [6.45, 7) is 6.06. The van der Waals surface area contributed by atoms with Gasteiger partial charge in [0.25, 0.3) is 5.91 Å². The van der Waals surface area contributed by atoms with Gasteiger partial charge < -0.3 is 9.64 Å². The van der Waals surface area contributed by atoms with Crippen LogP contribution in [0.5, 0.6) is 0 Å². The van der Waals surface area contributed by atoms with Crippen molar-refractivity contribution >= 4 is 35.0 Å². The number of nitrogens with zero attached hydrogens (tertiary/aromatic N) is 1. The number of hydrogen-bond donors (Lipinski definition) is 0. The van der Waals surface area contributed by atoms with Gasteiger partial charge in [-0.05, 0) is 31.7 Å². The number of ether oxygens (including phenoxy) is 1. The molecule has 1 unspecified atom stereocenters. The summed E-state index contributed by atoms with van der Waals surface area (Å²) in [4.78, 5) is 26.9. The average molecular weight is 327 g/mol. The summed E-state index contributed by atoms with van der Waals surface area (Å²) in [5, 5.41) is 2.55. The molecule has 0 spiro atoms. The molecule has 0 saturated carbocycles. The molecular formula is C15H21NO3S2. The lowest BCUT2D eigenvalue weighted by Gasteiger charge is -2.30. The normalized spacial score (nSPS) is 20.0. The van der Waals surface area contributed by atoms with Crippen molar-refractivity contribution in [2.75, 3.05) is 18.8 Å². The zero-order valence-electron chi connectivity index (χ0n) is 12.6. The summed E-state index contributed by atoms with van der Waals surface area (Å²) < 4.78 is 5.16. The maximum atomic E-state index is 12.5. The van der Waals surface area contributed by atoms with E-state index in [2.05, 4.69) is 17.5 Å². The minimum Gasteiger partial charge on any atom is -0.450 e. The zero-order valence-corrected chi connectivity index (χ0v) is 14.3. The molecular weight excluding hydrogens is 306 g/mol. The molecule has 1 aromatic heterocycles. The molecule has 1 atom stereocenters. The first-order valence-electron chi connectivity index (χ1n) is 7.04. The van der Waals surface area contributed by atoms with E-state index < -0.39 is 11.6 Å². The predicted molar refractivity (Wildman–Crippen MR) is 86.6 cm³/mol. The van der Waals surface area contributed by atoms with Gasteiger partial charge in [0.2, 0.25) is 0 Å². The molecule has 1 aliphatic heterocycles. The van der Waals surface area contributed by atoms with E-state index in [1.165, 1.54) is 11.8 Å². The fraction of sp³-hybridized carbons (Fsp3) is 0.600. The monoisotopic (exact) mass is 327 g/mol. The topological polar surface area (TPSA) is 46.6 Å². The number of rotatable bonds is 3. The minimum atomic E-state index is -1.08. The number of amides is 1. The number of thiophene rings is 1. The molecule has 1 saturated heterocycles. The molecule has 0 aromatic carbocycles. The van der Waals surface area contributed by atoms with Gasteiger partial charge in [-0.3, -0.25) is 9.59 Å². The third-order valence-electron chi connectivity index (χ3n) is 3.40. The highest BCUT2D eigenvalue weighted by Crippen LogP contribution is 2.37. The first-order chi connectivity index (χ1) is 9.90. The minimum absolute atomic E-state index is 0.106. The van der Waals surface area contributed by atoms with Crippen LogP contribution in [0.3, 0.4) is 0 Å². The van der Waals surface area contributed by atoms with Crippen LogP contribution in [0.1, 0.15) is 37.3 Å². The maximum Gasteiger partial charge on any atom is 0.303 e. The Kier molecular flexibility index (Phi) is 5.32. The van der Waals surface area contributed by atoms with E-state index in [-0.39, 0.29) is 5.91 Å². The number of carbonyl (C=O) groups is 2. The molecule has 1 amide bonds. The van der Waals surface area contributed by atoms with Crippen molar-refractivity contribution in [3.8, 4) is 0 Å². The largest absolute Gasteiger partial charge is 0.450 e. The molecule has 6 heteroatoms. The zero-order chi connectivity index (χ0) is 15.5. The van der Waals surface area contributed by atoms with Crippen LogP contribution < -0.4 is 0 Å². The Morgan fingerprint density at radius 3 is 2.76 bits per heavy atom. The fourth-order valence-corrected chi connectivity index (χ4v) is 4.70.